The van der Waals surface area contributed by atoms with Crippen molar-refractivity contribution in [2.45, 2.75) is 50.2 Å². The van der Waals surface area contributed by atoms with E-state index in [4.69, 9.17) is 4.74 Å². The van der Waals surface area contributed by atoms with Gasteiger partial charge in [-0.2, -0.15) is 0 Å². The van der Waals surface area contributed by atoms with Crippen LogP contribution in [-0.2, 0) is 15.1 Å². The number of hydrogen-bond acceptors (Lipinski definition) is 3. The maximum Gasteiger partial charge on any atom is 0.343 e. The van der Waals surface area contributed by atoms with Crippen LogP contribution in [0.4, 0.5) is 0 Å². The molecule has 1 saturated carbocycles. The topological polar surface area (TPSA) is 46.5 Å². The quantitative estimate of drug-likeness (QED) is 0.553. The molecule has 1 heterocycles. The van der Waals surface area contributed by atoms with Crippen LogP contribution in [0.25, 0.3) is 0 Å². The van der Waals surface area contributed by atoms with Crippen LogP contribution >= 0.6 is 0 Å². The number of quaternary nitrogens is 1. The number of carbonyl (C=O) groups is 1. The van der Waals surface area contributed by atoms with Gasteiger partial charge in [-0.3, -0.25) is 0 Å². The molecule has 2 fully saturated rings. The molecule has 2 aliphatic rings. The summed E-state index contributed by atoms with van der Waals surface area (Å²) in [6.45, 7) is 1.83. The van der Waals surface area contributed by atoms with Gasteiger partial charge in [-0.1, -0.05) is 49.6 Å². The first-order chi connectivity index (χ1) is 11.4. The summed E-state index contributed by atoms with van der Waals surface area (Å²) >= 11 is 0. The minimum absolute atomic E-state index is 0. The standard InChI is InChI=1S/C20H30NO3.BrH/c1-21(2)14-13-18(15-21)24-19(22)20(23,16-9-5-3-6-10-16)17-11-7-4-8-12-17;/h3,5-6,9-10,17-18,23H,4,7-8,11-15H2,1-2H3;1H/q+1;/p-1/t18?,20-;/m0./s1. The van der Waals surface area contributed by atoms with Crippen molar-refractivity contribution < 1.29 is 36.1 Å². The number of nitrogens with zero attached hydrogens (tertiary/aromatic N) is 1. The number of carbonyl (C=O) groups excluding carboxylic acids is 1. The molecule has 2 atom stereocenters. The summed E-state index contributed by atoms with van der Waals surface area (Å²) in [4.78, 5) is 13.1. The van der Waals surface area contributed by atoms with Gasteiger partial charge >= 0.3 is 5.97 Å². The summed E-state index contributed by atoms with van der Waals surface area (Å²) < 4.78 is 6.68. The maximum atomic E-state index is 13.1. The molecule has 140 valence electrons. The maximum absolute atomic E-state index is 13.1. The van der Waals surface area contributed by atoms with E-state index in [9.17, 15) is 9.90 Å². The van der Waals surface area contributed by atoms with E-state index in [-0.39, 0.29) is 29.0 Å². The Morgan fingerprint density at radius 3 is 2.32 bits per heavy atom. The molecule has 0 amide bonds. The molecular weight excluding hydrogens is 382 g/mol. The second kappa shape index (κ2) is 8.19. The molecule has 1 aromatic rings. The van der Waals surface area contributed by atoms with Gasteiger partial charge in [0.25, 0.3) is 0 Å². The Labute approximate surface area is 161 Å². The Morgan fingerprint density at radius 2 is 1.76 bits per heavy atom. The molecule has 1 aromatic carbocycles. The molecule has 0 bridgehead atoms. The monoisotopic (exact) mass is 411 g/mol. The van der Waals surface area contributed by atoms with Gasteiger partial charge in [0.15, 0.2) is 11.7 Å². The van der Waals surface area contributed by atoms with E-state index < -0.39 is 11.6 Å². The zero-order valence-electron chi connectivity index (χ0n) is 15.3. The second-order valence-electron chi connectivity index (χ2n) is 8.13. The van der Waals surface area contributed by atoms with Crippen molar-refractivity contribution in [3.63, 3.8) is 0 Å². The number of hydrogen-bond donors (Lipinski definition) is 1. The van der Waals surface area contributed by atoms with Crippen LogP contribution in [0.3, 0.4) is 0 Å². The number of rotatable bonds is 4. The lowest BCUT2D eigenvalue weighted by Crippen LogP contribution is -3.00. The van der Waals surface area contributed by atoms with Crippen molar-refractivity contribution in [1.82, 2.24) is 0 Å². The van der Waals surface area contributed by atoms with Gasteiger partial charge in [-0.05, 0) is 18.4 Å². The first-order valence-electron chi connectivity index (χ1n) is 9.23. The minimum Gasteiger partial charge on any atom is -1.00 e. The molecule has 3 rings (SSSR count). The molecule has 1 aliphatic heterocycles. The summed E-state index contributed by atoms with van der Waals surface area (Å²) in [5.41, 5.74) is -0.838. The number of ether oxygens (including phenoxy) is 1. The SMILES string of the molecule is C[N+]1(C)CCC(OC(=O)[C@](O)(c2ccccc2)C2CCCCC2)C1.[Br-]. The normalized spacial score (nSPS) is 25.6. The van der Waals surface area contributed by atoms with Gasteiger partial charge in [0, 0.05) is 12.3 Å². The van der Waals surface area contributed by atoms with Crippen LogP contribution in [0, 0.1) is 5.92 Å². The van der Waals surface area contributed by atoms with Crippen LogP contribution in [0.1, 0.15) is 44.1 Å². The first-order valence-corrected chi connectivity index (χ1v) is 9.23. The lowest BCUT2D eigenvalue weighted by Gasteiger charge is -2.37. The summed E-state index contributed by atoms with van der Waals surface area (Å²) in [6, 6.07) is 9.38. The number of likely N-dealkylation sites (tertiary alicyclic amines) is 1. The zero-order chi connectivity index (χ0) is 17.2. The van der Waals surface area contributed by atoms with Gasteiger partial charge in [-0.25, -0.2) is 4.79 Å². The highest BCUT2D eigenvalue weighted by molar-refractivity contribution is 5.81. The van der Waals surface area contributed by atoms with E-state index in [1.165, 1.54) is 6.42 Å². The van der Waals surface area contributed by atoms with Gasteiger partial charge in [0.1, 0.15) is 6.54 Å². The van der Waals surface area contributed by atoms with Crippen LogP contribution < -0.4 is 17.0 Å². The fourth-order valence-electron chi connectivity index (χ4n) is 4.30. The Balaban J connectivity index is 0.00000225. The van der Waals surface area contributed by atoms with E-state index in [0.717, 1.165) is 49.7 Å². The molecular formula is C20H30BrNO3. The average molecular weight is 412 g/mol. The van der Waals surface area contributed by atoms with Crippen molar-refractivity contribution in [3.8, 4) is 0 Å². The fraction of sp³-hybridized carbons (Fsp3) is 0.650. The molecule has 25 heavy (non-hydrogen) atoms. The highest BCUT2D eigenvalue weighted by atomic mass is 79.9. The van der Waals surface area contributed by atoms with E-state index in [1.807, 2.05) is 30.3 Å². The predicted molar refractivity (Wildman–Crippen MR) is 93.3 cm³/mol. The van der Waals surface area contributed by atoms with Crippen molar-refractivity contribution in [2.75, 3.05) is 27.2 Å². The molecule has 0 aromatic heterocycles. The molecule has 1 N–H and O–H groups in total. The second-order valence-corrected chi connectivity index (χ2v) is 8.13. The summed E-state index contributed by atoms with van der Waals surface area (Å²) in [5, 5.41) is 11.5. The van der Waals surface area contributed by atoms with Gasteiger partial charge in [0.2, 0.25) is 0 Å². The zero-order valence-corrected chi connectivity index (χ0v) is 16.9. The van der Waals surface area contributed by atoms with Crippen molar-refractivity contribution in [1.29, 1.82) is 0 Å². The Hall–Kier alpha value is -0.910. The van der Waals surface area contributed by atoms with Gasteiger partial charge in [-0.15, -0.1) is 0 Å². The predicted octanol–water partition coefficient (Wildman–Crippen LogP) is -0.150. The third-order valence-corrected chi connectivity index (χ3v) is 5.75. The number of benzene rings is 1. The summed E-state index contributed by atoms with van der Waals surface area (Å²) in [7, 11) is 4.30. The van der Waals surface area contributed by atoms with Crippen LogP contribution in [0.5, 0.6) is 0 Å². The lowest BCUT2D eigenvalue weighted by molar-refractivity contribution is -0.879. The molecule has 5 heteroatoms. The van der Waals surface area contributed by atoms with Crippen LogP contribution in [-0.4, -0.2) is 48.8 Å². The Morgan fingerprint density at radius 1 is 1.12 bits per heavy atom. The first kappa shape index (κ1) is 20.4. The molecule has 1 unspecified atom stereocenters. The third kappa shape index (κ3) is 4.44. The van der Waals surface area contributed by atoms with Gasteiger partial charge in [0.05, 0.1) is 20.6 Å². The smallest absolute Gasteiger partial charge is 0.343 e. The summed E-state index contributed by atoms with van der Waals surface area (Å²) in [6.07, 6.45) is 5.87. The van der Waals surface area contributed by atoms with Gasteiger partial charge < -0.3 is 31.3 Å². The van der Waals surface area contributed by atoms with E-state index in [1.54, 1.807) is 0 Å². The number of aliphatic hydroxyl groups is 1. The average Bonchev–Trinajstić information content (AvgIpc) is 2.94. The highest BCUT2D eigenvalue weighted by Gasteiger charge is 2.48. The molecule has 0 spiro atoms. The largest absolute Gasteiger partial charge is 1.00 e. The number of likely N-dealkylation sites (N-methyl/N-ethyl adjacent to an activating group) is 1. The molecule has 1 saturated heterocycles. The van der Waals surface area contributed by atoms with E-state index in [2.05, 4.69) is 14.1 Å². The number of esters is 1. The fourth-order valence-corrected chi connectivity index (χ4v) is 4.30. The van der Waals surface area contributed by atoms with E-state index >= 15 is 0 Å². The Kier molecular flexibility index (Phi) is 6.68. The third-order valence-electron chi connectivity index (χ3n) is 5.75. The molecule has 4 nitrogen and oxygen atoms in total. The minimum atomic E-state index is -1.51. The molecule has 0 radical (unpaired) electrons. The van der Waals surface area contributed by atoms with Crippen LogP contribution in [0.15, 0.2) is 30.3 Å². The lowest BCUT2D eigenvalue weighted by atomic mass is 9.73. The number of halogens is 1. The highest BCUT2D eigenvalue weighted by Crippen LogP contribution is 2.40. The van der Waals surface area contributed by atoms with Crippen molar-refractivity contribution in [3.05, 3.63) is 35.9 Å². The van der Waals surface area contributed by atoms with E-state index in [0.29, 0.717) is 5.56 Å². The Bertz CT molecular complexity index is 572. The van der Waals surface area contributed by atoms with Crippen molar-refractivity contribution >= 4 is 5.97 Å². The summed E-state index contributed by atoms with van der Waals surface area (Å²) in [5.74, 6) is -0.502. The molecule has 1 aliphatic carbocycles. The van der Waals surface area contributed by atoms with Crippen molar-refractivity contribution in [2.24, 2.45) is 5.92 Å². The van der Waals surface area contributed by atoms with Crippen LogP contribution in [0.2, 0.25) is 0 Å².